The zero-order valence-corrected chi connectivity index (χ0v) is 17.9. The summed E-state index contributed by atoms with van der Waals surface area (Å²) in [5.74, 6) is 1.37. The van der Waals surface area contributed by atoms with E-state index in [2.05, 4.69) is 9.88 Å². The van der Waals surface area contributed by atoms with Crippen molar-refractivity contribution in [1.29, 1.82) is 0 Å². The predicted octanol–water partition coefficient (Wildman–Crippen LogP) is 4.48. The molecule has 1 aromatic heterocycles. The van der Waals surface area contributed by atoms with E-state index in [0.717, 1.165) is 23.5 Å². The van der Waals surface area contributed by atoms with Gasteiger partial charge < -0.3 is 9.47 Å². The zero-order chi connectivity index (χ0) is 20.8. The topological polar surface area (TPSA) is 54.9 Å². The first-order valence-corrected chi connectivity index (χ1v) is 10.1. The van der Waals surface area contributed by atoms with Crippen LogP contribution in [0.2, 0.25) is 0 Å². The van der Waals surface area contributed by atoms with Crippen molar-refractivity contribution in [2.24, 2.45) is 0 Å². The van der Waals surface area contributed by atoms with Crippen LogP contribution in [0.3, 0.4) is 0 Å². The number of carbonyl (C=O) groups is 1. The molecule has 3 aromatic rings. The van der Waals surface area contributed by atoms with E-state index in [1.165, 1.54) is 11.3 Å². The van der Waals surface area contributed by atoms with Gasteiger partial charge in [-0.05, 0) is 36.9 Å². The molecule has 6 nitrogen and oxygen atoms in total. The van der Waals surface area contributed by atoms with Crippen LogP contribution in [0.25, 0.3) is 0 Å². The van der Waals surface area contributed by atoms with Crippen LogP contribution in [-0.2, 0) is 17.9 Å². The van der Waals surface area contributed by atoms with Crippen molar-refractivity contribution in [2.45, 2.75) is 20.0 Å². The molecule has 0 bridgehead atoms. The van der Waals surface area contributed by atoms with Gasteiger partial charge in [-0.25, -0.2) is 4.98 Å². The van der Waals surface area contributed by atoms with E-state index >= 15 is 0 Å². The first kappa shape index (κ1) is 20.8. The Bertz CT molecular complexity index is 959. The van der Waals surface area contributed by atoms with Crippen molar-refractivity contribution in [2.75, 3.05) is 26.2 Å². The molecule has 1 heterocycles. The van der Waals surface area contributed by atoms with E-state index < -0.39 is 0 Å². The molecule has 3 rings (SSSR count). The minimum absolute atomic E-state index is 0.0595. The van der Waals surface area contributed by atoms with Crippen LogP contribution in [0.15, 0.2) is 53.9 Å². The van der Waals surface area contributed by atoms with Crippen LogP contribution >= 0.6 is 11.3 Å². The number of rotatable bonds is 8. The molecule has 0 fully saturated rings. The van der Waals surface area contributed by atoms with E-state index in [1.807, 2.05) is 61.0 Å². The summed E-state index contributed by atoms with van der Waals surface area (Å²) in [4.78, 5) is 20.7. The summed E-state index contributed by atoms with van der Waals surface area (Å²) in [7, 11) is 5.30. The van der Waals surface area contributed by atoms with E-state index in [4.69, 9.17) is 9.47 Å². The molecule has 0 atom stereocenters. The number of anilines is 2. The van der Waals surface area contributed by atoms with Crippen LogP contribution < -0.4 is 14.4 Å². The Morgan fingerprint density at radius 2 is 1.76 bits per heavy atom. The minimum Gasteiger partial charge on any atom is -0.493 e. The Morgan fingerprint density at radius 1 is 1.03 bits per heavy atom. The van der Waals surface area contributed by atoms with Gasteiger partial charge in [0.15, 0.2) is 16.6 Å². The van der Waals surface area contributed by atoms with Crippen molar-refractivity contribution < 1.29 is 14.3 Å². The molecule has 0 saturated carbocycles. The highest BCUT2D eigenvalue weighted by Crippen LogP contribution is 2.30. The van der Waals surface area contributed by atoms with Gasteiger partial charge in [-0.15, -0.1) is 11.3 Å². The maximum Gasteiger partial charge on any atom is 0.230 e. The molecular formula is C22H25N3O3S. The highest BCUT2D eigenvalue weighted by Gasteiger charge is 2.18. The van der Waals surface area contributed by atoms with Crippen LogP contribution in [0.4, 0.5) is 10.8 Å². The first-order chi connectivity index (χ1) is 14.0. The van der Waals surface area contributed by atoms with Gasteiger partial charge in [0.05, 0.1) is 25.6 Å². The quantitative estimate of drug-likeness (QED) is 0.547. The number of thiazole rings is 1. The standard InChI is InChI=1S/C22H25N3O3S/c1-16(26)25(19-8-6-5-7-9-19)22-23-18(15-29-22)14-24(2)13-17-10-11-20(27-3)21(12-17)28-4/h5-12,15H,13-14H2,1-4H3. The molecule has 0 N–H and O–H groups in total. The Hall–Kier alpha value is -2.90. The van der Waals surface area contributed by atoms with E-state index in [9.17, 15) is 4.79 Å². The van der Waals surface area contributed by atoms with Gasteiger partial charge in [-0.1, -0.05) is 24.3 Å². The fourth-order valence-corrected chi connectivity index (χ4v) is 3.98. The van der Waals surface area contributed by atoms with Gasteiger partial charge in [0.25, 0.3) is 0 Å². The number of methoxy groups -OCH3 is 2. The van der Waals surface area contributed by atoms with Crippen LogP contribution in [0, 0.1) is 0 Å². The largest absolute Gasteiger partial charge is 0.493 e. The lowest BCUT2D eigenvalue weighted by atomic mass is 10.2. The van der Waals surface area contributed by atoms with Gasteiger partial charge in [0.1, 0.15) is 0 Å². The molecular weight excluding hydrogens is 386 g/mol. The van der Waals surface area contributed by atoms with Crippen molar-refractivity contribution in [3.8, 4) is 11.5 Å². The van der Waals surface area contributed by atoms with Crippen LogP contribution in [0.5, 0.6) is 11.5 Å². The Labute approximate surface area is 175 Å². The summed E-state index contributed by atoms with van der Waals surface area (Å²) in [6, 6.07) is 15.5. The number of nitrogens with zero attached hydrogens (tertiary/aromatic N) is 3. The Balaban J connectivity index is 1.70. The third kappa shape index (κ3) is 5.13. The maximum atomic E-state index is 12.2. The summed E-state index contributed by atoms with van der Waals surface area (Å²) in [5, 5.41) is 2.68. The fourth-order valence-electron chi connectivity index (χ4n) is 3.10. The van der Waals surface area contributed by atoms with Crippen molar-refractivity contribution in [3.63, 3.8) is 0 Å². The third-order valence-corrected chi connectivity index (χ3v) is 5.27. The summed E-state index contributed by atoms with van der Waals surface area (Å²) in [5.41, 5.74) is 2.87. The maximum absolute atomic E-state index is 12.2. The molecule has 0 aliphatic heterocycles. The SMILES string of the molecule is COc1ccc(CN(C)Cc2csc(N(C(C)=O)c3ccccc3)n2)cc1OC. The molecule has 7 heteroatoms. The molecule has 0 aliphatic rings. The summed E-state index contributed by atoms with van der Waals surface area (Å²) in [6.45, 7) is 2.96. The van der Waals surface area contributed by atoms with Gasteiger partial charge in [-0.2, -0.15) is 0 Å². The van der Waals surface area contributed by atoms with Gasteiger partial charge in [-0.3, -0.25) is 14.6 Å². The second-order valence-electron chi connectivity index (χ2n) is 6.67. The molecule has 0 unspecified atom stereocenters. The third-order valence-electron chi connectivity index (χ3n) is 4.39. The summed E-state index contributed by atoms with van der Waals surface area (Å²) in [6.07, 6.45) is 0. The number of ether oxygens (including phenoxy) is 2. The summed E-state index contributed by atoms with van der Waals surface area (Å²) >= 11 is 1.47. The van der Waals surface area contributed by atoms with Crippen molar-refractivity contribution in [3.05, 3.63) is 65.2 Å². The smallest absolute Gasteiger partial charge is 0.230 e. The fraction of sp³-hybridized carbons (Fsp3) is 0.273. The van der Waals surface area contributed by atoms with Gasteiger partial charge in [0, 0.05) is 25.4 Å². The molecule has 0 aliphatic carbocycles. The number of aromatic nitrogens is 1. The molecule has 0 spiro atoms. The first-order valence-electron chi connectivity index (χ1n) is 9.21. The van der Waals surface area contributed by atoms with E-state index in [0.29, 0.717) is 23.2 Å². The lowest BCUT2D eigenvalue weighted by Gasteiger charge is -2.18. The Morgan fingerprint density at radius 3 is 2.41 bits per heavy atom. The molecule has 2 aromatic carbocycles. The second kappa shape index (κ2) is 9.54. The minimum atomic E-state index is -0.0595. The van der Waals surface area contributed by atoms with Crippen LogP contribution in [0.1, 0.15) is 18.2 Å². The summed E-state index contributed by atoms with van der Waals surface area (Å²) < 4.78 is 10.7. The number of benzene rings is 2. The molecule has 0 saturated heterocycles. The zero-order valence-electron chi connectivity index (χ0n) is 17.1. The molecule has 29 heavy (non-hydrogen) atoms. The average Bonchev–Trinajstić information content (AvgIpc) is 3.16. The number of hydrogen-bond donors (Lipinski definition) is 0. The predicted molar refractivity (Wildman–Crippen MR) is 116 cm³/mol. The van der Waals surface area contributed by atoms with Crippen LogP contribution in [-0.4, -0.2) is 37.1 Å². The lowest BCUT2D eigenvalue weighted by Crippen LogP contribution is -2.23. The highest BCUT2D eigenvalue weighted by atomic mass is 32.1. The average molecular weight is 412 g/mol. The highest BCUT2D eigenvalue weighted by molar-refractivity contribution is 7.14. The lowest BCUT2D eigenvalue weighted by molar-refractivity contribution is -0.115. The number of amides is 1. The number of hydrogen-bond acceptors (Lipinski definition) is 6. The molecule has 152 valence electrons. The normalized spacial score (nSPS) is 10.8. The van der Waals surface area contributed by atoms with E-state index in [-0.39, 0.29) is 5.91 Å². The molecule has 0 radical (unpaired) electrons. The number of carbonyl (C=O) groups excluding carboxylic acids is 1. The van der Waals surface area contributed by atoms with Gasteiger partial charge in [0.2, 0.25) is 5.91 Å². The van der Waals surface area contributed by atoms with E-state index in [1.54, 1.807) is 26.0 Å². The monoisotopic (exact) mass is 411 g/mol. The molecule has 1 amide bonds. The Kier molecular flexibility index (Phi) is 6.85. The van der Waals surface area contributed by atoms with Crippen molar-refractivity contribution >= 4 is 28.1 Å². The van der Waals surface area contributed by atoms with Crippen molar-refractivity contribution in [1.82, 2.24) is 9.88 Å². The number of para-hydroxylation sites is 1. The van der Waals surface area contributed by atoms with Gasteiger partial charge >= 0.3 is 0 Å². The second-order valence-corrected chi connectivity index (χ2v) is 7.51.